The number of likely N-dealkylation sites (tertiary alicyclic amines) is 1. The Labute approximate surface area is 149 Å². The number of piperidine rings is 1. The van der Waals surface area contributed by atoms with E-state index >= 15 is 0 Å². The fraction of sp³-hybridized carbons (Fsp3) is 0.833. The second-order valence-corrected chi connectivity index (χ2v) is 7.42. The number of aliphatic hydroxyl groups excluding tert-OH is 1. The zero-order valence-electron chi connectivity index (χ0n) is 15.4. The molecule has 1 saturated heterocycles. The van der Waals surface area contributed by atoms with Crippen molar-refractivity contribution in [3.8, 4) is 0 Å². The van der Waals surface area contributed by atoms with Gasteiger partial charge in [-0.1, -0.05) is 19.8 Å². The Balaban J connectivity index is 1.56. The van der Waals surface area contributed by atoms with Crippen molar-refractivity contribution in [3.63, 3.8) is 0 Å². The first-order valence-corrected chi connectivity index (χ1v) is 9.67. The lowest BCUT2D eigenvalue weighted by Gasteiger charge is -2.36. The van der Waals surface area contributed by atoms with Crippen LogP contribution in [-0.4, -0.2) is 55.9 Å². The Bertz CT molecular complexity index is 574. The maximum atomic E-state index is 12.7. The van der Waals surface area contributed by atoms with Gasteiger partial charge in [0.05, 0.1) is 6.04 Å². The van der Waals surface area contributed by atoms with Gasteiger partial charge in [0.2, 0.25) is 5.91 Å². The minimum Gasteiger partial charge on any atom is -0.388 e. The van der Waals surface area contributed by atoms with Gasteiger partial charge in [-0.05, 0) is 45.2 Å². The maximum absolute atomic E-state index is 12.7. The SMILES string of the molecule is CC[C@@H](C(=O)NC1CCCC1)N1CCC(c2nnc(CO)n2C)CC1. The van der Waals surface area contributed by atoms with Gasteiger partial charge < -0.3 is 15.0 Å². The molecule has 1 aromatic rings. The molecule has 0 radical (unpaired) electrons. The quantitative estimate of drug-likeness (QED) is 0.809. The van der Waals surface area contributed by atoms with Crippen molar-refractivity contribution in [2.24, 2.45) is 7.05 Å². The molecule has 2 aliphatic rings. The lowest BCUT2D eigenvalue weighted by molar-refractivity contribution is -0.127. The summed E-state index contributed by atoms with van der Waals surface area (Å²) in [5, 5.41) is 20.8. The van der Waals surface area contributed by atoms with E-state index in [0.29, 0.717) is 17.8 Å². The largest absolute Gasteiger partial charge is 0.388 e. The zero-order valence-corrected chi connectivity index (χ0v) is 15.4. The van der Waals surface area contributed by atoms with Gasteiger partial charge in [0.15, 0.2) is 5.82 Å². The summed E-state index contributed by atoms with van der Waals surface area (Å²) >= 11 is 0. The van der Waals surface area contributed by atoms with Gasteiger partial charge in [-0.2, -0.15) is 0 Å². The van der Waals surface area contributed by atoms with Crippen LogP contribution < -0.4 is 5.32 Å². The molecule has 0 aromatic carbocycles. The third-order valence-corrected chi connectivity index (χ3v) is 5.87. The number of amides is 1. The summed E-state index contributed by atoms with van der Waals surface area (Å²) in [5.41, 5.74) is 0. The maximum Gasteiger partial charge on any atom is 0.237 e. The molecule has 2 heterocycles. The molecule has 0 bridgehead atoms. The molecule has 0 unspecified atom stereocenters. The van der Waals surface area contributed by atoms with Crippen molar-refractivity contribution in [1.82, 2.24) is 25.0 Å². The molecule has 7 nitrogen and oxygen atoms in total. The number of nitrogens with zero attached hydrogens (tertiary/aromatic N) is 4. The third-order valence-electron chi connectivity index (χ3n) is 5.87. The highest BCUT2D eigenvalue weighted by atomic mass is 16.3. The molecule has 1 aliphatic heterocycles. The van der Waals surface area contributed by atoms with E-state index < -0.39 is 0 Å². The van der Waals surface area contributed by atoms with E-state index in [0.717, 1.165) is 51.0 Å². The highest BCUT2D eigenvalue weighted by Crippen LogP contribution is 2.28. The van der Waals surface area contributed by atoms with Gasteiger partial charge in [0.1, 0.15) is 12.4 Å². The van der Waals surface area contributed by atoms with Crippen LogP contribution in [0.15, 0.2) is 0 Å². The highest BCUT2D eigenvalue weighted by Gasteiger charge is 2.32. The average molecular weight is 349 g/mol. The molecule has 140 valence electrons. The monoisotopic (exact) mass is 349 g/mol. The van der Waals surface area contributed by atoms with Crippen molar-refractivity contribution < 1.29 is 9.90 Å². The standard InChI is InChI=1S/C18H31N5O2/c1-3-15(18(25)19-14-6-4-5-7-14)23-10-8-13(9-11-23)17-21-20-16(12-24)22(17)2/h13-15,24H,3-12H2,1-2H3,(H,19,25)/t15-/m0/s1. The van der Waals surface area contributed by atoms with Crippen LogP contribution in [0.1, 0.15) is 69.4 Å². The van der Waals surface area contributed by atoms with Crippen molar-refractivity contribution >= 4 is 5.91 Å². The average Bonchev–Trinajstić information content (AvgIpc) is 3.25. The molecule has 2 fully saturated rings. The fourth-order valence-electron chi connectivity index (χ4n) is 4.31. The second kappa shape index (κ2) is 8.27. The number of carbonyl (C=O) groups is 1. The molecule has 7 heteroatoms. The fourth-order valence-corrected chi connectivity index (χ4v) is 4.31. The summed E-state index contributed by atoms with van der Waals surface area (Å²) < 4.78 is 1.91. The van der Waals surface area contributed by atoms with E-state index in [4.69, 9.17) is 0 Å². The van der Waals surface area contributed by atoms with E-state index in [1.54, 1.807) is 0 Å². The lowest BCUT2D eigenvalue weighted by Crippen LogP contribution is -2.51. The molecule has 2 N–H and O–H groups in total. The Morgan fingerprint density at radius 1 is 1.24 bits per heavy atom. The van der Waals surface area contributed by atoms with Crippen LogP contribution in [0, 0.1) is 0 Å². The van der Waals surface area contributed by atoms with Crippen LogP contribution in [0.2, 0.25) is 0 Å². The highest BCUT2D eigenvalue weighted by molar-refractivity contribution is 5.82. The van der Waals surface area contributed by atoms with Gasteiger partial charge in [-0.25, -0.2) is 0 Å². The summed E-state index contributed by atoms with van der Waals surface area (Å²) in [4.78, 5) is 15.0. The normalized spacial score (nSPS) is 21.6. The van der Waals surface area contributed by atoms with Crippen LogP contribution in [0.5, 0.6) is 0 Å². The first kappa shape index (κ1) is 18.3. The molecule has 1 aromatic heterocycles. The topological polar surface area (TPSA) is 83.3 Å². The van der Waals surface area contributed by atoms with Crippen LogP contribution >= 0.6 is 0 Å². The third kappa shape index (κ3) is 4.03. The van der Waals surface area contributed by atoms with Crippen molar-refractivity contribution in [3.05, 3.63) is 11.6 Å². The van der Waals surface area contributed by atoms with Crippen LogP contribution in [-0.2, 0) is 18.4 Å². The predicted octanol–water partition coefficient (Wildman–Crippen LogP) is 1.32. The zero-order chi connectivity index (χ0) is 17.8. The second-order valence-electron chi connectivity index (χ2n) is 7.42. The first-order valence-electron chi connectivity index (χ1n) is 9.67. The number of hydrogen-bond acceptors (Lipinski definition) is 5. The molecule has 1 saturated carbocycles. The summed E-state index contributed by atoms with van der Waals surface area (Å²) in [6, 6.07) is 0.365. The van der Waals surface area contributed by atoms with Crippen LogP contribution in [0.3, 0.4) is 0 Å². The Kier molecular flexibility index (Phi) is 6.06. The van der Waals surface area contributed by atoms with Crippen LogP contribution in [0.25, 0.3) is 0 Å². The summed E-state index contributed by atoms with van der Waals surface area (Å²) in [5.74, 6) is 2.12. The predicted molar refractivity (Wildman–Crippen MR) is 95.0 cm³/mol. The van der Waals surface area contributed by atoms with Crippen LogP contribution in [0.4, 0.5) is 0 Å². The first-order chi connectivity index (χ1) is 12.1. The molecular formula is C18H31N5O2. The Hall–Kier alpha value is -1.47. The summed E-state index contributed by atoms with van der Waals surface area (Å²) in [7, 11) is 1.91. The van der Waals surface area contributed by atoms with E-state index in [1.165, 1.54) is 12.8 Å². The van der Waals surface area contributed by atoms with E-state index in [2.05, 4.69) is 27.3 Å². The van der Waals surface area contributed by atoms with Gasteiger partial charge >= 0.3 is 0 Å². The Morgan fingerprint density at radius 2 is 1.92 bits per heavy atom. The molecule has 1 atom stereocenters. The van der Waals surface area contributed by atoms with Crippen molar-refractivity contribution in [2.75, 3.05) is 13.1 Å². The van der Waals surface area contributed by atoms with E-state index in [-0.39, 0.29) is 18.6 Å². The number of nitrogens with one attached hydrogen (secondary N) is 1. The van der Waals surface area contributed by atoms with Gasteiger partial charge in [-0.15, -0.1) is 10.2 Å². The van der Waals surface area contributed by atoms with Gasteiger partial charge in [0.25, 0.3) is 0 Å². The molecule has 1 aliphatic carbocycles. The minimum atomic E-state index is -0.0818. The van der Waals surface area contributed by atoms with Gasteiger partial charge in [0, 0.05) is 19.0 Å². The molecule has 25 heavy (non-hydrogen) atoms. The number of aromatic nitrogens is 3. The molecule has 0 spiro atoms. The van der Waals surface area contributed by atoms with E-state index in [1.807, 2.05) is 11.6 Å². The van der Waals surface area contributed by atoms with Crippen molar-refractivity contribution in [1.29, 1.82) is 0 Å². The summed E-state index contributed by atoms with van der Waals surface area (Å²) in [6.07, 6.45) is 7.53. The number of carbonyl (C=O) groups excluding carboxylic acids is 1. The Morgan fingerprint density at radius 3 is 2.48 bits per heavy atom. The number of aliphatic hydroxyl groups is 1. The molecule has 1 amide bonds. The summed E-state index contributed by atoms with van der Waals surface area (Å²) in [6.45, 7) is 3.83. The minimum absolute atomic E-state index is 0.0194. The molecular weight excluding hydrogens is 318 g/mol. The number of hydrogen-bond donors (Lipinski definition) is 2. The van der Waals surface area contributed by atoms with E-state index in [9.17, 15) is 9.90 Å². The smallest absolute Gasteiger partial charge is 0.237 e. The lowest BCUT2D eigenvalue weighted by atomic mass is 9.94. The van der Waals surface area contributed by atoms with Crippen molar-refractivity contribution in [2.45, 2.75) is 76.5 Å². The van der Waals surface area contributed by atoms with Gasteiger partial charge in [-0.3, -0.25) is 9.69 Å². The molecule has 3 rings (SSSR count). The number of rotatable bonds is 6.